The van der Waals surface area contributed by atoms with Crippen molar-refractivity contribution in [3.63, 3.8) is 0 Å². The van der Waals surface area contributed by atoms with E-state index in [1.54, 1.807) is 0 Å². The van der Waals surface area contributed by atoms with E-state index in [0.29, 0.717) is 0 Å². The van der Waals surface area contributed by atoms with E-state index in [2.05, 4.69) is 242 Å². The zero-order valence-corrected chi connectivity index (χ0v) is 32.2. The van der Waals surface area contributed by atoms with Crippen LogP contribution in [-0.2, 0) is 5.41 Å². The van der Waals surface area contributed by atoms with Crippen molar-refractivity contribution in [1.82, 2.24) is 0 Å². The van der Waals surface area contributed by atoms with Crippen molar-refractivity contribution in [2.45, 2.75) is 19.3 Å². The second-order valence-corrected chi connectivity index (χ2v) is 15.3. The van der Waals surface area contributed by atoms with E-state index in [-0.39, 0.29) is 5.41 Å². The number of hydrogen-bond acceptors (Lipinski definition) is 2. The zero-order chi connectivity index (χ0) is 38.3. The molecule has 0 N–H and O–H groups in total. The second kappa shape index (κ2) is 14.2. The molecule has 0 atom stereocenters. The van der Waals surface area contributed by atoms with Gasteiger partial charge >= 0.3 is 0 Å². The number of nitrogens with zero attached hydrogens (tertiary/aromatic N) is 2. The quantitative estimate of drug-likeness (QED) is 0.161. The fourth-order valence-electron chi connectivity index (χ4n) is 8.96. The van der Waals surface area contributed by atoms with Crippen molar-refractivity contribution in [3.05, 3.63) is 230 Å². The molecule has 272 valence electrons. The van der Waals surface area contributed by atoms with Crippen LogP contribution in [-0.4, -0.2) is 0 Å². The van der Waals surface area contributed by atoms with E-state index in [1.807, 2.05) is 0 Å². The molecule has 0 radical (unpaired) electrons. The lowest BCUT2D eigenvalue weighted by Crippen LogP contribution is -2.32. The SMILES string of the molecule is CC1(C)c2ccccc2N(c2c(-c3ccccc3)ccc3ccccc23)c2cccc(N(c3ccc(-c4ccccc4)cc3)c3ccccc3-c3ccccc3)c21. The molecule has 10 rings (SSSR count). The van der Waals surface area contributed by atoms with Crippen LogP contribution in [0.4, 0.5) is 34.1 Å². The first-order chi connectivity index (χ1) is 28.1. The van der Waals surface area contributed by atoms with E-state index >= 15 is 0 Å². The number of para-hydroxylation sites is 2. The molecule has 2 heteroatoms. The average molecular weight is 731 g/mol. The largest absolute Gasteiger partial charge is 0.309 e. The predicted octanol–water partition coefficient (Wildman–Crippen LogP) is 15.4. The summed E-state index contributed by atoms with van der Waals surface area (Å²) in [7, 11) is 0. The summed E-state index contributed by atoms with van der Waals surface area (Å²) in [6, 6.07) is 79.4. The van der Waals surface area contributed by atoms with Crippen LogP contribution in [0.25, 0.3) is 44.2 Å². The lowest BCUT2D eigenvalue weighted by molar-refractivity contribution is 0.632. The third-order valence-electron chi connectivity index (χ3n) is 11.6. The molecule has 9 aromatic rings. The number of anilines is 6. The summed E-state index contributed by atoms with van der Waals surface area (Å²) in [5, 5.41) is 2.43. The van der Waals surface area contributed by atoms with E-state index in [4.69, 9.17) is 0 Å². The van der Waals surface area contributed by atoms with Crippen LogP contribution in [0, 0.1) is 0 Å². The van der Waals surface area contributed by atoms with E-state index in [1.165, 1.54) is 72.3 Å². The minimum atomic E-state index is -0.361. The molecular formula is C55H42N2. The van der Waals surface area contributed by atoms with Crippen LogP contribution in [0.2, 0.25) is 0 Å². The summed E-state index contributed by atoms with van der Waals surface area (Å²) in [4.78, 5) is 5.04. The van der Waals surface area contributed by atoms with Crippen LogP contribution >= 0.6 is 0 Å². The van der Waals surface area contributed by atoms with Gasteiger partial charge in [-0.25, -0.2) is 0 Å². The van der Waals surface area contributed by atoms with E-state index in [9.17, 15) is 0 Å². The zero-order valence-electron chi connectivity index (χ0n) is 32.2. The molecule has 0 spiro atoms. The molecule has 0 aromatic heterocycles. The Bertz CT molecular complexity index is 2860. The topological polar surface area (TPSA) is 6.48 Å². The normalized spacial score (nSPS) is 12.8. The average Bonchev–Trinajstić information content (AvgIpc) is 3.28. The molecule has 57 heavy (non-hydrogen) atoms. The van der Waals surface area contributed by atoms with Gasteiger partial charge in [-0.3, -0.25) is 0 Å². The third kappa shape index (κ3) is 5.89. The maximum absolute atomic E-state index is 2.55. The van der Waals surface area contributed by atoms with Crippen LogP contribution in [0.5, 0.6) is 0 Å². The van der Waals surface area contributed by atoms with Crippen LogP contribution in [0.3, 0.4) is 0 Å². The van der Waals surface area contributed by atoms with Crippen molar-refractivity contribution in [2.75, 3.05) is 9.80 Å². The fourth-order valence-corrected chi connectivity index (χ4v) is 8.96. The van der Waals surface area contributed by atoms with Gasteiger partial charge in [-0.05, 0) is 69.6 Å². The van der Waals surface area contributed by atoms with Crippen molar-refractivity contribution >= 4 is 44.9 Å². The minimum absolute atomic E-state index is 0.361. The van der Waals surface area contributed by atoms with Gasteiger partial charge < -0.3 is 9.80 Å². The molecule has 0 saturated carbocycles. The van der Waals surface area contributed by atoms with Crippen LogP contribution in [0.15, 0.2) is 218 Å². The third-order valence-corrected chi connectivity index (χ3v) is 11.6. The molecule has 2 nitrogen and oxygen atoms in total. The van der Waals surface area contributed by atoms with Gasteiger partial charge in [-0.1, -0.05) is 196 Å². The standard InChI is InChI=1S/C55H42N2/c1-55(2)48-28-15-17-30-50(48)57(54-46-27-13-12-25-43(46)35-38-47(54)42-23-10-5-11-24-42)52-32-18-31-51(53(52)55)56(44-36-33-40(34-37-44)39-19-6-3-7-20-39)49-29-16-14-26-45(49)41-21-8-4-9-22-41/h3-38H,1-2H3. The Morgan fingerprint density at radius 1 is 0.386 bits per heavy atom. The molecule has 0 saturated heterocycles. The first-order valence-corrected chi connectivity index (χ1v) is 19.8. The Kier molecular flexibility index (Phi) is 8.53. The van der Waals surface area contributed by atoms with E-state index in [0.717, 1.165) is 17.1 Å². The van der Waals surface area contributed by atoms with Crippen molar-refractivity contribution in [1.29, 1.82) is 0 Å². The molecule has 1 aliphatic rings. The smallest absolute Gasteiger partial charge is 0.0618 e. The van der Waals surface area contributed by atoms with Gasteiger partial charge in [0, 0.05) is 33.2 Å². The summed E-state index contributed by atoms with van der Waals surface area (Å²) >= 11 is 0. The van der Waals surface area contributed by atoms with Crippen LogP contribution < -0.4 is 9.80 Å². The number of fused-ring (bicyclic) bond motifs is 3. The summed E-state index contributed by atoms with van der Waals surface area (Å²) in [5.74, 6) is 0. The number of hydrogen-bond donors (Lipinski definition) is 0. The summed E-state index contributed by atoms with van der Waals surface area (Å²) in [6.07, 6.45) is 0. The molecule has 9 aromatic carbocycles. The monoisotopic (exact) mass is 730 g/mol. The lowest BCUT2D eigenvalue weighted by Gasteiger charge is -2.45. The van der Waals surface area contributed by atoms with Gasteiger partial charge in [-0.2, -0.15) is 0 Å². The highest BCUT2D eigenvalue weighted by Crippen LogP contribution is 2.58. The molecule has 0 aliphatic carbocycles. The maximum atomic E-state index is 2.55. The summed E-state index contributed by atoms with van der Waals surface area (Å²) in [5.41, 5.74) is 16.3. The van der Waals surface area contributed by atoms with Gasteiger partial charge in [0.2, 0.25) is 0 Å². The second-order valence-electron chi connectivity index (χ2n) is 15.3. The minimum Gasteiger partial charge on any atom is -0.309 e. The molecule has 1 heterocycles. The van der Waals surface area contributed by atoms with Gasteiger partial charge in [0.1, 0.15) is 0 Å². The fraction of sp³-hybridized carbons (Fsp3) is 0.0545. The first-order valence-electron chi connectivity index (χ1n) is 19.8. The van der Waals surface area contributed by atoms with Gasteiger partial charge in [-0.15, -0.1) is 0 Å². The first kappa shape index (κ1) is 34.3. The highest BCUT2D eigenvalue weighted by Gasteiger charge is 2.41. The van der Waals surface area contributed by atoms with Crippen molar-refractivity contribution < 1.29 is 0 Å². The number of rotatable bonds is 7. The highest BCUT2D eigenvalue weighted by atomic mass is 15.2. The Labute approximate surface area is 335 Å². The summed E-state index contributed by atoms with van der Waals surface area (Å²) < 4.78 is 0. The Morgan fingerprint density at radius 3 is 1.67 bits per heavy atom. The van der Waals surface area contributed by atoms with Crippen molar-refractivity contribution in [3.8, 4) is 33.4 Å². The molecule has 0 bridgehead atoms. The molecular weight excluding hydrogens is 689 g/mol. The van der Waals surface area contributed by atoms with Gasteiger partial charge in [0.25, 0.3) is 0 Å². The molecule has 1 aliphatic heterocycles. The molecule has 0 amide bonds. The Morgan fingerprint density at radius 2 is 0.930 bits per heavy atom. The lowest BCUT2D eigenvalue weighted by atomic mass is 9.72. The predicted molar refractivity (Wildman–Crippen MR) is 242 cm³/mol. The highest BCUT2D eigenvalue weighted by molar-refractivity contribution is 6.08. The van der Waals surface area contributed by atoms with E-state index < -0.39 is 0 Å². The van der Waals surface area contributed by atoms with Gasteiger partial charge in [0.05, 0.1) is 28.4 Å². The van der Waals surface area contributed by atoms with Crippen LogP contribution in [0.1, 0.15) is 25.0 Å². The Balaban J connectivity index is 1.27. The van der Waals surface area contributed by atoms with Crippen molar-refractivity contribution in [2.24, 2.45) is 0 Å². The number of benzene rings is 9. The Hall–Kier alpha value is -7.16. The maximum Gasteiger partial charge on any atom is 0.0618 e. The molecule has 0 unspecified atom stereocenters. The summed E-state index contributed by atoms with van der Waals surface area (Å²) in [6.45, 7) is 4.79. The molecule has 0 fully saturated rings. The van der Waals surface area contributed by atoms with Gasteiger partial charge in [0.15, 0.2) is 0 Å².